The summed E-state index contributed by atoms with van der Waals surface area (Å²) in [6.07, 6.45) is 0.997. The Labute approximate surface area is 79.0 Å². The lowest BCUT2D eigenvalue weighted by Gasteiger charge is -2.34. The summed E-state index contributed by atoms with van der Waals surface area (Å²) < 4.78 is 4.79. The lowest BCUT2D eigenvalue weighted by atomic mass is 9.94. The SMILES string of the molecule is COCC(=O)N1CCC(C)C(N)C1. The molecule has 1 heterocycles. The van der Waals surface area contributed by atoms with Crippen molar-refractivity contribution < 1.29 is 9.53 Å². The predicted octanol–water partition coefficient (Wildman–Crippen LogP) is -0.171. The molecule has 76 valence electrons. The number of rotatable bonds is 2. The fraction of sp³-hybridized carbons (Fsp3) is 0.889. The number of carbonyl (C=O) groups is 1. The molecule has 0 saturated carbocycles. The van der Waals surface area contributed by atoms with Crippen molar-refractivity contribution in [3.05, 3.63) is 0 Å². The van der Waals surface area contributed by atoms with Gasteiger partial charge in [0.2, 0.25) is 5.91 Å². The molecule has 0 aromatic heterocycles. The van der Waals surface area contributed by atoms with E-state index in [-0.39, 0.29) is 18.6 Å². The normalized spacial score (nSPS) is 29.0. The van der Waals surface area contributed by atoms with Crippen LogP contribution in [0, 0.1) is 5.92 Å². The molecule has 1 rings (SSSR count). The van der Waals surface area contributed by atoms with Crippen LogP contribution in [0.2, 0.25) is 0 Å². The van der Waals surface area contributed by atoms with E-state index in [1.165, 1.54) is 7.11 Å². The first-order valence-electron chi connectivity index (χ1n) is 4.67. The average molecular weight is 186 g/mol. The minimum Gasteiger partial charge on any atom is -0.375 e. The highest BCUT2D eigenvalue weighted by Gasteiger charge is 2.25. The Balaban J connectivity index is 2.40. The summed E-state index contributed by atoms with van der Waals surface area (Å²) in [5.41, 5.74) is 5.87. The van der Waals surface area contributed by atoms with Crippen LogP contribution in [0.5, 0.6) is 0 Å². The summed E-state index contributed by atoms with van der Waals surface area (Å²) >= 11 is 0. The van der Waals surface area contributed by atoms with Crippen LogP contribution in [0.15, 0.2) is 0 Å². The first-order valence-corrected chi connectivity index (χ1v) is 4.67. The van der Waals surface area contributed by atoms with Crippen molar-refractivity contribution in [2.24, 2.45) is 11.7 Å². The van der Waals surface area contributed by atoms with Gasteiger partial charge in [-0.05, 0) is 12.3 Å². The van der Waals surface area contributed by atoms with Crippen LogP contribution in [0.4, 0.5) is 0 Å². The standard InChI is InChI=1S/C9H18N2O2/c1-7-3-4-11(5-8(7)10)9(12)6-13-2/h7-8H,3-6,10H2,1-2H3. The van der Waals surface area contributed by atoms with Crippen LogP contribution in [0.1, 0.15) is 13.3 Å². The van der Waals surface area contributed by atoms with E-state index in [9.17, 15) is 4.79 Å². The number of piperidine rings is 1. The minimum absolute atomic E-state index is 0.0462. The summed E-state index contributed by atoms with van der Waals surface area (Å²) in [5.74, 6) is 0.566. The Morgan fingerprint density at radius 3 is 2.92 bits per heavy atom. The fourth-order valence-corrected chi connectivity index (χ4v) is 1.54. The van der Waals surface area contributed by atoms with Crippen molar-refractivity contribution >= 4 is 5.91 Å². The molecule has 4 nitrogen and oxygen atoms in total. The van der Waals surface area contributed by atoms with Gasteiger partial charge in [0.05, 0.1) is 0 Å². The van der Waals surface area contributed by atoms with Crippen LogP contribution < -0.4 is 5.73 Å². The molecule has 0 bridgehead atoms. The molecule has 2 N–H and O–H groups in total. The number of ether oxygens (including phenoxy) is 1. The maximum absolute atomic E-state index is 11.4. The molecule has 0 spiro atoms. The largest absolute Gasteiger partial charge is 0.375 e. The highest BCUT2D eigenvalue weighted by molar-refractivity contribution is 5.77. The molecule has 1 saturated heterocycles. The van der Waals surface area contributed by atoms with Gasteiger partial charge in [0.25, 0.3) is 0 Å². The second-order valence-electron chi connectivity index (χ2n) is 3.70. The second-order valence-corrected chi connectivity index (χ2v) is 3.70. The van der Waals surface area contributed by atoms with Gasteiger partial charge in [0.15, 0.2) is 0 Å². The van der Waals surface area contributed by atoms with Crippen LogP contribution >= 0.6 is 0 Å². The Kier molecular flexibility index (Phi) is 3.69. The van der Waals surface area contributed by atoms with Gasteiger partial charge in [-0.15, -0.1) is 0 Å². The van der Waals surface area contributed by atoms with E-state index in [1.807, 2.05) is 0 Å². The van der Waals surface area contributed by atoms with E-state index in [0.29, 0.717) is 12.5 Å². The molecule has 1 aliphatic heterocycles. The van der Waals surface area contributed by atoms with Gasteiger partial charge in [-0.1, -0.05) is 6.92 Å². The zero-order valence-corrected chi connectivity index (χ0v) is 8.32. The van der Waals surface area contributed by atoms with Gasteiger partial charge in [-0.25, -0.2) is 0 Å². The van der Waals surface area contributed by atoms with E-state index in [1.54, 1.807) is 4.90 Å². The minimum atomic E-state index is 0.0462. The molecular formula is C9H18N2O2. The van der Waals surface area contributed by atoms with Gasteiger partial charge in [-0.3, -0.25) is 4.79 Å². The number of nitrogens with zero attached hydrogens (tertiary/aromatic N) is 1. The first kappa shape index (κ1) is 10.5. The van der Waals surface area contributed by atoms with E-state index in [4.69, 9.17) is 10.5 Å². The summed E-state index contributed by atoms with van der Waals surface area (Å²) in [6.45, 7) is 3.78. The van der Waals surface area contributed by atoms with Gasteiger partial charge in [-0.2, -0.15) is 0 Å². The molecular weight excluding hydrogens is 168 g/mol. The van der Waals surface area contributed by atoms with Gasteiger partial charge in [0, 0.05) is 26.2 Å². The van der Waals surface area contributed by atoms with Crippen molar-refractivity contribution in [2.75, 3.05) is 26.8 Å². The Bertz CT molecular complexity index is 184. The third-order valence-electron chi connectivity index (χ3n) is 2.64. The highest BCUT2D eigenvalue weighted by Crippen LogP contribution is 2.15. The fourth-order valence-electron chi connectivity index (χ4n) is 1.54. The van der Waals surface area contributed by atoms with Crippen LogP contribution in [0.3, 0.4) is 0 Å². The van der Waals surface area contributed by atoms with Crippen molar-refractivity contribution in [2.45, 2.75) is 19.4 Å². The molecule has 2 atom stereocenters. The van der Waals surface area contributed by atoms with Crippen molar-refractivity contribution in [1.82, 2.24) is 4.90 Å². The van der Waals surface area contributed by atoms with Gasteiger partial charge >= 0.3 is 0 Å². The molecule has 1 amide bonds. The first-order chi connectivity index (χ1) is 6.15. The summed E-state index contributed by atoms with van der Waals surface area (Å²) in [5, 5.41) is 0. The Hall–Kier alpha value is -0.610. The third kappa shape index (κ3) is 2.67. The number of hydrogen-bond acceptors (Lipinski definition) is 3. The maximum Gasteiger partial charge on any atom is 0.248 e. The van der Waals surface area contributed by atoms with Crippen LogP contribution in [0.25, 0.3) is 0 Å². The lowest BCUT2D eigenvalue weighted by molar-refractivity contribution is -0.136. The smallest absolute Gasteiger partial charge is 0.248 e. The molecule has 1 fully saturated rings. The zero-order valence-electron chi connectivity index (χ0n) is 8.32. The second kappa shape index (κ2) is 4.58. The number of amides is 1. The van der Waals surface area contributed by atoms with Crippen LogP contribution in [-0.4, -0.2) is 43.7 Å². The molecule has 0 aromatic rings. The van der Waals surface area contributed by atoms with Gasteiger partial charge in [0.1, 0.15) is 6.61 Å². The Morgan fingerprint density at radius 1 is 1.69 bits per heavy atom. The summed E-state index contributed by atoms with van der Waals surface area (Å²) in [4.78, 5) is 13.2. The Morgan fingerprint density at radius 2 is 2.38 bits per heavy atom. The van der Waals surface area contributed by atoms with E-state index < -0.39 is 0 Å². The lowest BCUT2D eigenvalue weighted by Crippen LogP contribution is -2.50. The van der Waals surface area contributed by atoms with Crippen molar-refractivity contribution in [3.63, 3.8) is 0 Å². The molecule has 13 heavy (non-hydrogen) atoms. The molecule has 1 aliphatic rings. The molecule has 0 aromatic carbocycles. The molecule has 0 radical (unpaired) electrons. The van der Waals surface area contributed by atoms with Gasteiger partial charge < -0.3 is 15.4 Å². The van der Waals surface area contributed by atoms with Crippen molar-refractivity contribution in [1.29, 1.82) is 0 Å². The van der Waals surface area contributed by atoms with Crippen molar-refractivity contribution in [3.8, 4) is 0 Å². The molecule has 2 unspecified atom stereocenters. The average Bonchev–Trinajstić information content (AvgIpc) is 2.10. The number of likely N-dealkylation sites (tertiary alicyclic amines) is 1. The van der Waals surface area contributed by atoms with E-state index in [2.05, 4.69) is 6.92 Å². The zero-order chi connectivity index (χ0) is 9.84. The number of nitrogens with two attached hydrogens (primary N) is 1. The van der Waals surface area contributed by atoms with E-state index >= 15 is 0 Å². The summed E-state index contributed by atoms with van der Waals surface area (Å²) in [6, 6.07) is 0.120. The van der Waals surface area contributed by atoms with E-state index in [0.717, 1.165) is 13.0 Å². The third-order valence-corrected chi connectivity index (χ3v) is 2.64. The number of methoxy groups -OCH3 is 1. The quantitative estimate of drug-likeness (QED) is 0.651. The molecule has 0 aliphatic carbocycles. The van der Waals surface area contributed by atoms with Crippen LogP contribution in [-0.2, 0) is 9.53 Å². The monoisotopic (exact) mass is 186 g/mol. The maximum atomic E-state index is 11.4. The molecule has 4 heteroatoms. The number of carbonyl (C=O) groups excluding carboxylic acids is 1. The predicted molar refractivity (Wildman–Crippen MR) is 50.2 cm³/mol. The topological polar surface area (TPSA) is 55.6 Å². The number of hydrogen-bond donors (Lipinski definition) is 1. The highest BCUT2D eigenvalue weighted by atomic mass is 16.5. The summed E-state index contributed by atoms with van der Waals surface area (Å²) in [7, 11) is 1.53.